The number of carboxylic acids is 1. The number of ether oxygens (including phenoxy) is 3. The summed E-state index contributed by atoms with van der Waals surface area (Å²) in [5, 5.41) is 9.67. The van der Waals surface area contributed by atoms with Crippen molar-refractivity contribution in [3.63, 3.8) is 0 Å². The molecule has 0 fully saturated rings. The van der Waals surface area contributed by atoms with Crippen LogP contribution in [0, 0.1) is 0 Å². The van der Waals surface area contributed by atoms with E-state index in [-0.39, 0.29) is 18.4 Å². The Balaban J connectivity index is 1.70. The summed E-state index contributed by atoms with van der Waals surface area (Å²) in [6.07, 6.45) is 1.66. The maximum absolute atomic E-state index is 11.0. The van der Waals surface area contributed by atoms with Gasteiger partial charge in [-0.1, -0.05) is 23.7 Å². The minimum Gasteiger partial charge on any atom is -0.491 e. The highest BCUT2D eigenvalue weighted by atomic mass is 35.5. The second-order valence-corrected chi connectivity index (χ2v) is 9.90. The van der Waals surface area contributed by atoms with Gasteiger partial charge in [-0.3, -0.25) is 4.79 Å². The third-order valence-electron chi connectivity index (χ3n) is 6.04. The van der Waals surface area contributed by atoms with Gasteiger partial charge in [-0.2, -0.15) is 0 Å². The van der Waals surface area contributed by atoms with E-state index < -0.39 is 11.8 Å². The van der Waals surface area contributed by atoms with Crippen molar-refractivity contribution in [3.8, 4) is 17.2 Å². The molecule has 1 N–H and O–H groups in total. The summed E-state index contributed by atoms with van der Waals surface area (Å²) in [6.45, 7) is 10.1. The van der Waals surface area contributed by atoms with Crippen molar-refractivity contribution in [1.82, 2.24) is 4.90 Å². The lowest BCUT2D eigenvalue weighted by Gasteiger charge is -2.25. The molecule has 1 atom stereocenters. The minimum absolute atomic E-state index is 0.0653. The smallest absolute Gasteiger partial charge is 0.303 e. The summed E-state index contributed by atoms with van der Waals surface area (Å²) in [7, 11) is 0. The molecule has 2 aromatic rings. The van der Waals surface area contributed by atoms with Gasteiger partial charge in [0.15, 0.2) is 11.5 Å². The Hall–Kier alpha value is -2.44. The van der Waals surface area contributed by atoms with Crippen molar-refractivity contribution in [2.75, 3.05) is 19.6 Å². The summed E-state index contributed by atoms with van der Waals surface area (Å²) < 4.78 is 17.9. The van der Waals surface area contributed by atoms with Crippen molar-refractivity contribution in [1.29, 1.82) is 0 Å². The van der Waals surface area contributed by atoms with Gasteiger partial charge < -0.3 is 24.2 Å². The third kappa shape index (κ3) is 5.39. The molecule has 0 saturated heterocycles. The van der Waals surface area contributed by atoms with Crippen molar-refractivity contribution < 1.29 is 24.1 Å². The molecule has 2 aromatic carbocycles. The van der Waals surface area contributed by atoms with E-state index in [1.165, 1.54) is 0 Å². The van der Waals surface area contributed by atoms with Gasteiger partial charge in [0.2, 0.25) is 5.79 Å². The number of nitrogens with zero attached hydrogens (tertiary/aromatic N) is 1. The fraction of sp³-hybridized carbons (Fsp3) is 0.500. The average molecular weight is 474 g/mol. The van der Waals surface area contributed by atoms with Crippen LogP contribution in [0.4, 0.5) is 0 Å². The second kappa shape index (κ2) is 9.43. The maximum Gasteiger partial charge on any atom is 0.303 e. The average Bonchev–Trinajstić information content (AvgIpc) is 2.93. The Kier molecular flexibility index (Phi) is 6.78. The maximum atomic E-state index is 11.0. The molecule has 0 radical (unpaired) electrons. The van der Waals surface area contributed by atoms with Crippen LogP contribution in [-0.4, -0.2) is 47.5 Å². The van der Waals surface area contributed by atoms with E-state index in [1.54, 1.807) is 0 Å². The third-order valence-corrected chi connectivity index (χ3v) is 6.44. The van der Waals surface area contributed by atoms with E-state index in [9.17, 15) is 4.79 Å². The van der Waals surface area contributed by atoms with Gasteiger partial charge in [-0.05, 0) is 68.1 Å². The SMILES string of the molecule is CC(C)Oc1ccc([C@H]2CN(CCCC(=O)O)CCc3c2cc2c(c3Cl)OC(C)(C)O2)cc1. The fourth-order valence-corrected chi connectivity index (χ4v) is 4.98. The molecule has 6 nitrogen and oxygen atoms in total. The van der Waals surface area contributed by atoms with E-state index in [0.717, 1.165) is 48.5 Å². The Morgan fingerprint density at radius 1 is 1.27 bits per heavy atom. The number of hydrogen-bond donors (Lipinski definition) is 1. The van der Waals surface area contributed by atoms with Crippen LogP contribution in [0.25, 0.3) is 0 Å². The van der Waals surface area contributed by atoms with E-state index in [0.29, 0.717) is 22.9 Å². The predicted molar refractivity (Wildman–Crippen MR) is 128 cm³/mol. The molecular weight excluding hydrogens is 442 g/mol. The number of hydrogen-bond acceptors (Lipinski definition) is 5. The zero-order chi connectivity index (χ0) is 23.8. The molecule has 4 rings (SSSR count). The Morgan fingerprint density at radius 3 is 2.67 bits per heavy atom. The first-order valence-electron chi connectivity index (χ1n) is 11.6. The number of halogens is 1. The lowest BCUT2D eigenvalue weighted by Crippen LogP contribution is -2.30. The first-order valence-corrected chi connectivity index (χ1v) is 11.9. The van der Waals surface area contributed by atoms with E-state index in [2.05, 4.69) is 23.1 Å². The number of carbonyl (C=O) groups is 1. The van der Waals surface area contributed by atoms with Crippen LogP contribution in [0.3, 0.4) is 0 Å². The van der Waals surface area contributed by atoms with Crippen molar-refractivity contribution in [3.05, 3.63) is 52.0 Å². The molecule has 0 aliphatic carbocycles. The molecule has 0 aromatic heterocycles. The molecule has 2 aliphatic rings. The molecule has 0 bridgehead atoms. The van der Waals surface area contributed by atoms with E-state index in [1.807, 2.05) is 39.8 Å². The molecule has 0 saturated carbocycles. The minimum atomic E-state index is -0.762. The monoisotopic (exact) mass is 473 g/mol. The van der Waals surface area contributed by atoms with Gasteiger partial charge in [-0.25, -0.2) is 0 Å². The van der Waals surface area contributed by atoms with Crippen molar-refractivity contribution in [2.45, 2.75) is 64.8 Å². The standard InChI is InChI=1S/C26H32ClNO5/c1-16(2)31-18-9-7-17(8-10-18)21-15-28(12-5-6-23(29)30)13-11-19-20(21)14-22-25(24(19)27)33-26(3,4)32-22/h7-10,14,16,21H,5-6,11-13,15H2,1-4H3,(H,29,30)/t21-/m1/s1. The Morgan fingerprint density at radius 2 is 2.00 bits per heavy atom. The Bertz CT molecular complexity index is 1020. The summed E-state index contributed by atoms with van der Waals surface area (Å²) in [4.78, 5) is 13.4. The summed E-state index contributed by atoms with van der Waals surface area (Å²) in [5.74, 6) is 0.677. The molecule has 0 spiro atoms. The number of benzene rings is 2. The van der Waals surface area contributed by atoms with Crippen LogP contribution in [0.2, 0.25) is 5.02 Å². The molecule has 33 heavy (non-hydrogen) atoms. The first-order chi connectivity index (χ1) is 15.6. The molecule has 0 unspecified atom stereocenters. The van der Waals surface area contributed by atoms with Gasteiger partial charge in [0.05, 0.1) is 11.1 Å². The topological polar surface area (TPSA) is 68.2 Å². The van der Waals surface area contributed by atoms with Crippen LogP contribution in [0.5, 0.6) is 17.2 Å². The molecule has 2 aliphatic heterocycles. The highest BCUT2D eigenvalue weighted by Gasteiger charge is 2.37. The molecular formula is C26H32ClNO5. The second-order valence-electron chi connectivity index (χ2n) is 9.53. The molecule has 2 heterocycles. The van der Waals surface area contributed by atoms with E-state index >= 15 is 0 Å². The lowest BCUT2D eigenvalue weighted by molar-refractivity contribution is -0.137. The quantitative estimate of drug-likeness (QED) is 0.573. The van der Waals surface area contributed by atoms with E-state index in [4.69, 9.17) is 30.9 Å². The largest absolute Gasteiger partial charge is 0.491 e. The zero-order valence-electron chi connectivity index (χ0n) is 19.7. The molecule has 178 valence electrons. The summed E-state index contributed by atoms with van der Waals surface area (Å²) in [6, 6.07) is 10.3. The van der Waals surface area contributed by atoms with Crippen LogP contribution in [0.1, 0.15) is 63.1 Å². The number of aliphatic carboxylic acids is 1. The highest BCUT2D eigenvalue weighted by Crippen LogP contribution is 2.50. The van der Waals surface area contributed by atoms with Crippen LogP contribution < -0.4 is 14.2 Å². The fourth-order valence-electron chi connectivity index (χ4n) is 4.64. The summed E-state index contributed by atoms with van der Waals surface area (Å²) in [5.41, 5.74) is 3.37. The van der Waals surface area contributed by atoms with Gasteiger partial charge in [0.25, 0.3) is 0 Å². The number of fused-ring (bicyclic) bond motifs is 2. The number of rotatable bonds is 7. The predicted octanol–water partition coefficient (Wildman–Crippen LogP) is 5.49. The van der Waals surface area contributed by atoms with Crippen LogP contribution in [0.15, 0.2) is 30.3 Å². The van der Waals surface area contributed by atoms with Gasteiger partial charge in [0.1, 0.15) is 5.75 Å². The number of carboxylic acid groups (broad SMARTS) is 1. The lowest BCUT2D eigenvalue weighted by atomic mass is 9.87. The molecule has 7 heteroatoms. The summed E-state index contributed by atoms with van der Waals surface area (Å²) >= 11 is 6.88. The van der Waals surface area contributed by atoms with Gasteiger partial charge in [-0.15, -0.1) is 0 Å². The van der Waals surface area contributed by atoms with Crippen molar-refractivity contribution >= 4 is 17.6 Å². The highest BCUT2D eigenvalue weighted by molar-refractivity contribution is 6.33. The van der Waals surface area contributed by atoms with Crippen LogP contribution in [-0.2, 0) is 11.2 Å². The van der Waals surface area contributed by atoms with Gasteiger partial charge >= 0.3 is 5.97 Å². The van der Waals surface area contributed by atoms with Crippen LogP contribution >= 0.6 is 11.6 Å². The normalized spacial score (nSPS) is 19.3. The first kappa shape index (κ1) is 23.7. The van der Waals surface area contributed by atoms with Crippen molar-refractivity contribution in [2.24, 2.45) is 0 Å². The zero-order valence-corrected chi connectivity index (χ0v) is 20.4. The van der Waals surface area contributed by atoms with Gasteiger partial charge in [0, 0.05) is 39.3 Å². The Labute approximate surface area is 200 Å². The molecule has 0 amide bonds.